The number of carbonyl (C=O) groups is 2. The largest absolute Gasteiger partial charge is 0.452 e. The van der Waals surface area contributed by atoms with Gasteiger partial charge in [-0.05, 0) is 48.4 Å². The van der Waals surface area contributed by atoms with E-state index in [-0.39, 0.29) is 17.5 Å². The first-order chi connectivity index (χ1) is 14.2. The number of esters is 1. The van der Waals surface area contributed by atoms with Gasteiger partial charge in [0.25, 0.3) is 5.91 Å². The van der Waals surface area contributed by atoms with Gasteiger partial charge in [-0.25, -0.2) is 13.2 Å². The molecule has 1 fully saturated rings. The van der Waals surface area contributed by atoms with E-state index in [9.17, 15) is 18.0 Å². The molecule has 0 saturated carbocycles. The van der Waals surface area contributed by atoms with Crippen molar-refractivity contribution < 1.29 is 22.7 Å². The molecule has 1 amide bonds. The SMILES string of the molecule is CN(C(=O)COC(=O)c1ccc(CSc2ccc(Cl)cc2)cc1)[C@@H]1CCS(=O)(=O)C1. The summed E-state index contributed by atoms with van der Waals surface area (Å²) in [5.41, 5.74) is 1.40. The molecule has 2 aromatic rings. The number of halogens is 1. The highest BCUT2D eigenvalue weighted by atomic mass is 35.5. The molecule has 0 bridgehead atoms. The second-order valence-electron chi connectivity index (χ2n) is 7.08. The van der Waals surface area contributed by atoms with E-state index in [2.05, 4.69) is 0 Å². The van der Waals surface area contributed by atoms with Crippen molar-refractivity contribution in [1.29, 1.82) is 0 Å². The number of nitrogens with zero attached hydrogens (tertiary/aromatic N) is 1. The normalized spacial score (nSPS) is 17.5. The molecule has 30 heavy (non-hydrogen) atoms. The van der Waals surface area contributed by atoms with Gasteiger partial charge in [-0.1, -0.05) is 23.7 Å². The summed E-state index contributed by atoms with van der Waals surface area (Å²) in [6.45, 7) is -0.417. The number of thioether (sulfide) groups is 1. The van der Waals surface area contributed by atoms with Crippen molar-refractivity contribution in [3.05, 3.63) is 64.7 Å². The van der Waals surface area contributed by atoms with Gasteiger partial charge in [0.15, 0.2) is 16.4 Å². The van der Waals surface area contributed by atoms with Gasteiger partial charge < -0.3 is 9.64 Å². The monoisotopic (exact) mass is 467 g/mol. The van der Waals surface area contributed by atoms with E-state index in [1.807, 2.05) is 36.4 Å². The van der Waals surface area contributed by atoms with Crippen LogP contribution in [0.4, 0.5) is 0 Å². The molecule has 0 aromatic heterocycles. The average Bonchev–Trinajstić information content (AvgIpc) is 3.10. The van der Waals surface area contributed by atoms with Crippen molar-refractivity contribution in [3.63, 3.8) is 0 Å². The van der Waals surface area contributed by atoms with Crippen molar-refractivity contribution in [2.75, 3.05) is 25.2 Å². The first kappa shape index (κ1) is 22.7. The molecular weight excluding hydrogens is 446 g/mol. The van der Waals surface area contributed by atoms with Crippen molar-refractivity contribution in [2.45, 2.75) is 23.1 Å². The van der Waals surface area contributed by atoms with E-state index in [0.717, 1.165) is 16.2 Å². The quantitative estimate of drug-likeness (QED) is 0.458. The predicted octanol–water partition coefficient (Wildman–Crippen LogP) is 3.43. The zero-order valence-electron chi connectivity index (χ0n) is 16.4. The summed E-state index contributed by atoms with van der Waals surface area (Å²) in [5, 5.41) is 0.695. The van der Waals surface area contributed by atoms with Crippen LogP contribution < -0.4 is 0 Å². The summed E-state index contributed by atoms with van der Waals surface area (Å²) in [4.78, 5) is 26.9. The molecule has 160 valence electrons. The van der Waals surface area contributed by atoms with Crippen LogP contribution in [0.1, 0.15) is 22.3 Å². The summed E-state index contributed by atoms with van der Waals surface area (Å²) < 4.78 is 28.2. The van der Waals surface area contributed by atoms with Crippen LogP contribution in [0.3, 0.4) is 0 Å². The molecule has 6 nitrogen and oxygen atoms in total. The predicted molar refractivity (Wildman–Crippen MR) is 118 cm³/mol. The summed E-state index contributed by atoms with van der Waals surface area (Å²) in [7, 11) is -1.55. The zero-order chi connectivity index (χ0) is 21.7. The Morgan fingerprint density at radius 2 is 1.80 bits per heavy atom. The molecular formula is C21H22ClNO5S2. The molecule has 0 aliphatic carbocycles. The minimum Gasteiger partial charge on any atom is -0.452 e. The van der Waals surface area contributed by atoms with Crippen molar-refractivity contribution in [2.24, 2.45) is 0 Å². The molecule has 1 atom stereocenters. The van der Waals surface area contributed by atoms with Crippen LogP contribution in [-0.2, 0) is 25.1 Å². The summed E-state index contributed by atoms with van der Waals surface area (Å²) in [5.74, 6) is -0.227. The molecule has 1 aliphatic heterocycles. The van der Waals surface area contributed by atoms with Gasteiger partial charge in [0, 0.05) is 28.8 Å². The van der Waals surface area contributed by atoms with Gasteiger partial charge in [-0.3, -0.25) is 4.79 Å². The summed E-state index contributed by atoms with van der Waals surface area (Å²) in [6, 6.07) is 14.2. The van der Waals surface area contributed by atoms with Crippen LogP contribution in [0.15, 0.2) is 53.4 Å². The molecule has 1 aliphatic rings. The first-order valence-corrected chi connectivity index (χ1v) is 12.5. The van der Waals surface area contributed by atoms with Gasteiger partial charge in [-0.15, -0.1) is 11.8 Å². The topological polar surface area (TPSA) is 80.8 Å². The second kappa shape index (κ2) is 9.85. The third kappa shape index (κ3) is 6.23. The van der Waals surface area contributed by atoms with Crippen LogP contribution in [0.2, 0.25) is 5.02 Å². The standard InChI is InChI=1S/C21H22ClNO5S2/c1-23(18-10-11-30(26,27)14-18)20(24)12-28-21(25)16-4-2-15(3-5-16)13-29-19-8-6-17(22)7-9-19/h2-9,18H,10-14H2,1H3/t18-/m1/s1. The highest BCUT2D eigenvalue weighted by Gasteiger charge is 2.32. The van der Waals surface area contributed by atoms with Crippen molar-refractivity contribution in [1.82, 2.24) is 4.90 Å². The van der Waals surface area contributed by atoms with Crippen LogP contribution in [0, 0.1) is 0 Å². The maximum atomic E-state index is 12.2. The number of hydrogen-bond donors (Lipinski definition) is 0. The fraction of sp³-hybridized carbons (Fsp3) is 0.333. The van der Waals surface area contributed by atoms with Gasteiger partial charge in [0.2, 0.25) is 0 Å². The minimum atomic E-state index is -3.09. The maximum absolute atomic E-state index is 12.2. The lowest BCUT2D eigenvalue weighted by Crippen LogP contribution is -2.40. The Balaban J connectivity index is 1.47. The molecule has 1 saturated heterocycles. The Bertz CT molecular complexity index is 1010. The van der Waals surface area contributed by atoms with Crippen LogP contribution in [-0.4, -0.2) is 56.4 Å². The molecule has 1 heterocycles. The number of amides is 1. The van der Waals surface area contributed by atoms with Gasteiger partial charge in [0.05, 0.1) is 17.1 Å². The third-order valence-electron chi connectivity index (χ3n) is 4.89. The fourth-order valence-electron chi connectivity index (χ4n) is 3.03. The Morgan fingerprint density at radius 3 is 2.40 bits per heavy atom. The van der Waals surface area contributed by atoms with E-state index in [4.69, 9.17) is 16.3 Å². The van der Waals surface area contributed by atoms with Gasteiger partial charge in [-0.2, -0.15) is 0 Å². The first-order valence-electron chi connectivity index (χ1n) is 9.34. The molecule has 9 heteroatoms. The van der Waals surface area contributed by atoms with Gasteiger partial charge >= 0.3 is 5.97 Å². The molecule has 0 spiro atoms. The number of carbonyl (C=O) groups excluding carboxylic acids is 2. The second-order valence-corrected chi connectivity index (χ2v) is 10.8. The number of likely N-dealkylation sites (N-methyl/N-ethyl adjacent to an activating group) is 1. The fourth-order valence-corrected chi connectivity index (χ4v) is 5.79. The molecule has 3 rings (SSSR count). The van der Waals surface area contributed by atoms with Crippen molar-refractivity contribution >= 4 is 45.1 Å². The summed E-state index contributed by atoms with van der Waals surface area (Å²) in [6.07, 6.45) is 0.411. The number of ether oxygens (including phenoxy) is 1. The lowest BCUT2D eigenvalue weighted by molar-refractivity contribution is -0.134. The van der Waals surface area contributed by atoms with Gasteiger partial charge in [0.1, 0.15) is 0 Å². The minimum absolute atomic E-state index is 0.0430. The smallest absolute Gasteiger partial charge is 0.338 e. The maximum Gasteiger partial charge on any atom is 0.338 e. The Labute approximate surface area is 185 Å². The number of rotatable bonds is 7. The highest BCUT2D eigenvalue weighted by molar-refractivity contribution is 7.98. The van der Waals surface area contributed by atoms with E-state index in [1.54, 1.807) is 23.9 Å². The molecule has 2 aromatic carbocycles. The molecule has 0 radical (unpaired) electrons. The van der Waals surface area contributed by atoms with E-state index < -0.39 is 28.3 Å². The van der Waals surface area contributed by atoms with Crippen LogP contribution >= 0.6 is 23.4 Å². The Hall–Kier alpha value is -2.03. The van der Waals surface area contributed by atoms with E-state index in [1.165, 1.54) is 11.9 Å². The number of sulfone groups is 1. The Morgan fingerprint density at radius 1 is 1.13 bits per heavy atom. The average molecular weight is 468 g/mol. The third-order valence-corrected chi connectivity index (χ3v) is 7.97. The van der Waals surface area contributed by atoms with E-state index in [0.29, 0.717) is 17.0 Å². The zero-order valence-corrected chi connectivity index (χ0v) is 18.8. The lowest BCUT2D eigenvalue weighted by Gasteiger charge is -2.23. The highest BCUT2D eigenvalue weighted by Crippen LogP contribution is 2.24. The molecule has 0 unspecified atom stereocenters. The number of benzene rings is 2. The lowest BCUT2D eigenvalue weighted by atomic mass is 10.1. The van der Waals surface area contributed by atoms with E-state index >= 15 is 0 Å². The molecule has 0 N–H and O–H groups in total. The number of hydrogen-bond acceptors (Lipinski definition) is 6. The van der Waals surface area contributed by atoms with Crippen molar-refractivity contribution in [3.8, 4) is 0 Å². The summed E-state index contributed by atoms with van der Waals surface area (Å²) >= 11 is 7.54. The van der Waals surface area contributed by atoms with Crippen LogP contribution in [0.5, 0.6) is 0 Å². The van der Waals surface area contributed by atoms with Crippen LogP contribution in [0.25, 0.3) is 0 Å². The Kier molecular flexibility index (Phi) is 7.44.